The Balaban J connectivity index is 0.000000260. The van der Waals surface area contributed by atoms with Crippen molar-refractivity contribution in [3.63, 3.8) is 0 Å². The highest BCUT2D eigenvalue weighted by Crippen LogP contribution is 2.48. The van der Waals surface area contributed by atoms with Gasteiger partial charge in [0.25, 0.3) is 0 Å². The average Bonchev–Trinajstić information content (AvgIpc) is 3.19. The first-order valence-electron chi connectivity index (χ1n) is 11.9. The fourth-order valence-electron chi connectivity index (χ4n) is 4.36. The van der Waals surface area contributed by atoms with Gasteiger partial charge in [-0.3, -0.25) is 4.79 Å². The van der Waals surface area contributed by atoms with E-state index in [1.807, 2.05) is 30.3 Å². The van der Waals surface area contributed by atoms with Crippen LogP contribution in [0.1, 0.15) is 23.1 Å². The minimum absolute atomic E-state index is 0.119. The molecule has 9 heteroatoms. The van der Waals surface area contributed by atoms with Gasteiger partial charge in [0.05, 0.1) is 35.5 Å². The molecule has 1 amide bonds. The van der Waals surface area contributed by atoms with Crippen molar-refractivity contribution in [2.24, 2.45) is 5.73 Å². The molecule has 0 spiro atoms. The van der Waals surface area contributed by atoms with Crippen LogP contribution in [0.2, 0.25) is 0 Å². The van der Waals surface area contributed by atoms with Crippen molar-refractivity contribution in [1.82, 2.24) is 0 Å². The first-order valence-corrected chi connectivity index (χ1v) is 11.9. The number of fused-ring (bicyclic) bond motifs is 3. The Morgan fingerprint density at radius 2 is 1.50 bits per heavy atom. The minimum atomic E-state index is -0.775. The number of amides is 1. The minimum Gasteiger partial charge on any atom is -0.497 e. The first-order chi connectivity index (χ1) is 18.4. The fraction of sp³-hybridized carbons (Fsp3) is 0.310. The lowest BCUT2D eigenvalue weighted by Gasteiger charge is -2.19. The predicted molar refractivity (Wildman–Crippen MR) is 144 cm³/mol. The van der Waals surface area contributed by atoms with Crippen LogP contribution in [0, 0.1) is 0 Å². The number of carbonyl (C=O) groups is 1. The summed E-state index contributed by atoms with van der Waals surface area (Å²) >= 11 is 0. The van der Waals surface area contributed by atoms with Crippen LogP contribution in [0.5, 0.6) is 28.7 Å². The van der Waals surface area contributed by atoms with Gasteiger partial charge in [0, 0.05) is 5.56 Å². The summed E-state index contributed by atoms with van der Waals surface area (Å²) in [5.74, 6) is 2.87. The zero-order chi connectivity index (χ0) is 27.7. The molecular weight excluding hydrogens is 490 g/mol. The number of hydrogen-bond donors (Lipinski definition) is 1. The third-order valence-electron chi connectivity index (χ3n) is 6.10. The molecule has 1 aliphatic rings. The number of hydrogen-bond acceptors (Lipinski definition) is 8. The number of benzene rings is 2. The van der Waals surface area contributed by atoms with Crippen LogP contribution < -0.4 is 34.8 Å². The van der Waals surface area contributed by atoms with Gasteiger partial charge in [-0.1, -0.05) is 18.2 Å². The van der Waals surface area contributed by atoms with Gasteiger partial charge in [0.2, 0.25) is 11.2 Å². The molecule has 0 atom stereocenters. The van der Waals surface area contributed by atoms with E-state index in [1.54, 1.807) is 46.6 Å². The number of primary amides is 1. The van der Waals surface area contributed by atoms with E-state index in [2.05, 4.69) is 4.74 Å². The lowest BCUT2D eigenvalue weighted by molar-refractivity contribution is 0.150. The molecule has 202 valence electrons. The molecular formula is C29H33NO8. The molecule has 9 nitrogen and oxygen atoms in total. The predicted octanol–water partition coefficient (Wildman–Crippen LogP) is 4.53. The Morgan fingerprint density at radius 1 is 0.789 bits per heavy atom. The van der Waals surface area contributed by atoms with Gasteiger partial charge in [-0.05, 0) is 71.8 Å². The van der Waals surface area contributed by atoms with Gasteiger partial charge in [-0.15, -0.1) is 0 Å². The number of aryl methyl sites for hydroxylation is 2. The second-order valence-corrected chi connectivity index (χ2v) is 8.34. The number of ether oxygens (including phenoxy) is 6. The topological polar surface area (TPSA) is 116 Å². The highest BCUT2D eigenvalue weighted by Gasteiger charge is 2.25. The van der Waals surface area contributed by atoms with Crippen molar-refractivity contribution < 1.29 is 33.2 Å². The molecule has 0 aliphatic heterocycles. The van der Waals surface area contributed by atoms with Gasteiger partial charge in [0.1, 0.15) is 12.4 Å². The highest BCUT2D eigenvalue weighted by molar-refractivity contribution is 5.82. The second-order valence-electron chi connectivity index (χ2n) is 8.34. The summed E-state index contributed by atoms with van der Waals surface area (Å²) in [6.07, 6.45) is 1.84. The maximum absolute atomic E-state index is 12.3. The number of nitrogens with two attached hydrogens (primary N) is 1. The molecule has 4 rings (SSSR count). The van der Waals surface area contributed by atoms with E-state index in [1.165, 1.54) is 7.11 Å². The Labute approximate surface area is 222 Å². The van der Waals surface area contributed by atoms with E-state index in [-0.39, 0.29) is 12.0 Å². The molecule has 3 aromatic carbocycles. The van der Waals surface area contributed by atoms with Crippen molar-refractivity contribution in [3.8, 4) is 39.9 Å². The van der Waals surface area contributed by atoms with Crippen LogP contribution in [0.25, 0.3) is 11.1 Å². The number of rotatable bonds is 7. The van der Waals surface area contributed by atoms with E-state index in [9.17, 15) is 9.59 Å². The smallest absolute Gasteiger partial charge is 0.404 e. The summed E-state index contributed by atoms with van der Waals surface area (Å²) in [6, 6.07) is 14.5. The third kappa shape index (κ3) is 6.47. The largest absolute Gasteiger partial charge is 0.497 e. The Hall–Kier alpha value is -4.40. The molecule has 3 aromatic rings. The van der Waals surface area contributed by atoms with Gasteiger partial charge < -0.3 is 34.2 Å². The SMILES string of the molecule is COc1cc2c(c(OC)c1OC)-c1ccc(OC)c(=O)cc1CCC2.COc1cccc(COC(N)=O)c1. The average molecular weight is 524 g/mol. The van der Waals surface area contributed by atoms with Crippen molar-refractivity contribution in [3.05, 3.63) is 75.4 Å². The molecule has 0 radical (unpaired) electrons. The highest BCUT2D eigenvalue weighted by atomic mass is 16.5. The van der Waals surface area contributed by atoms with Crippen LogP contribution >= 0.6 is 0 Å². The zero-order valence-corrected chi connectivity index (χ0v) is 22.3. The molecule has 1 aliphatic carbocycles. The van der Waals surface area contributed by atoms with Crippen LogP contribution in [-0.4, -0.2) is 41.6 Å². The first kappa shape index (κ1) is 28.2. The summed E-state index contributed by atoms with van der Waals surface area (Å²) < 4.78 is 31.5. The standard InChI is InChI=1S/C20H22O5.C9H11NO3/c1-22-16-9-8-14-12(10-15(16)21)6-5-7-13-11-17(23-2)19(24-3)20(25-4)18(13)14;1-12-8-4-2-3-7(5-8)6-13-9(10)11/h8-11H,5-7H2,1-4H3;2-5H,6H2,1H3,(H2,10,11). The maximum atomic E-state index is 12.3. The molecule has 0 fully saturated rings. The van der Waals surface area contributed by atoms with Gasteiger partial charge in [-0.2, -0.15) is 0 Å². The van der Waals surface area contributed by atoms with Crippen LogP contribution in [0.3, 0.4) is 0 Å². The van der Waals surface area contributed by atoms with E-state index < -0.39 is 6.09 Å². The summed E-state index contributed by atoms with van der Waals surface area (Å²) in [5.41, 5.74) is 9.56. The van der Waals surface area contributed by atoms with E-state index >= 15 is 0 Å². The lowest BCUT2D eigenvalue weighted by Crippen LogP contribution is -2.12. The fourth-order valence-corrected chi connectivity index (χ4v) is 4.36. The molecule has 0 bridgehead atoms. The van der Waals surface area contributed by atoms with Crippen LogP contribution in [-0.2, 0) is 24.2 Å². The van der Waals surface area contributed by atoms with E-state index in [4.69, 9.17) is 29.4 Å². The third-order valence-corrected chi connectivity index (χ3v) is 6.10. The monoisotopic (exact) mass is 523 g/mol. The molecule has 0 saturated carbocycles. The van der Waals surface area contributed by atoms with Gasteiger partial charge >= 0.3 is 6.09 Å². The molecule has 0 heterocycles. The van der Waals surface area contributed by atoms with E-state index in [0.717, 1.165) is 52.8 Å². The second kappa shape index (κ2) is 13.2. The maximum Gasteiger partial charge on any atom is 0.404 e. The number of carbonyl (C=O) groups excluding carboxylic acids is 1. The molecule has 2 N–H and O–H groups in total. The molecule has 38 heavy (non-hydrogen) atoms. The Bertz CT molecular complexity index is 1340. The number of methoxy groups -OCH3 is 5. The van der Waals surface area contributed by atoms with Crippen LogP contribution in [0.15, 0.2) is 53.3 Å². The summed E-state index contributed by atoms with van der Waals surface area (Å²) in [4.78, 5) is 22.6. The van der Waals surface area contributed by atoms with Crippen molar-refractivity contribution in [2.45, 2.75) is 25.9 Å². The Kier molecular flexibility index (Phi) is 9.81. The van der Waals surface area contributed by atoms with Gasteiger partial charge in [0.15, 0.2) is 17.2 Å². The Morgan fingerprint density at radius 3 is 2.13 bits per heavy atom. The quantitative estimate of drug-likeness (QED) is 0.480. The summed E-state index contributed by atoms with van der Waals surface area (Å²) in [6.45, 7) is 0.173. The molecule has 0 aromatic heterocycles. The van der Waals surface area contributed by atoms with E-state index in [0.29, 0.717) is 23.0 Å². The molecule has 0 unspecified atom stereocenters. The van der Waals surface area contributed by atoms with Crippen LogP contribution in [0.4, 0.5) is 4.79 Å². The molecule has 0 saturated heterocycles. The zero-order valence-electron chi connectivity index (χ0n) is 22.3. The normalized spacial score (nSPS) is 11.4. The summed E-state index contributed by atoms with van der Waals surface area (Å²) in [5, 5.41) is 0. The van der Waals surface area contributed by atoms with Crippen molar-refractivity contribution in [1.29, 1.82) is 0 Å². The van der Waals surface area contributed by atoms with Gasteiger partial charge in [-0.25, -0.2) is 4.79 Å². The van der Waals surface area contributed by atoms with Crippen molar-refractivity contribution >= 4 is 6.09 Å². The lowest BCUT2D eigenvalue weighted by atomic mass is 9.96. The van der Waals surface area contributed by atoms with Crippen molar-refractivity contribution in [2.75, 3.05) is 35.5 Å². The summed E-state index contributed by atoms with van der Waals surface area (Å²) in [7, 11) is 7.90.